The molecule has 0 unspecified atom stereocenters. The van der Waals surface area contributed by atoms with Gasteiger partial charge in [-0.25, -0.2) is 0 Å². The van der Waals surface area contributed by atoms with Crippen LogP contribution in [0.25, 0.3) is 0 Å². The summed E-state index contributed by atoms with van der Waals surface area (Å²) in [6.07, 6.45) is 1.31. The van der Waals surface area contributed by atoms with Crippen LogP contribution in [0.1, 0.15) is 24.0 Å². The minimum atomic E-state index is -0.795. The Balaban J connectivity index is 2.64. The zero-order valence-corrected chi connectivity index (χ0v) is 9.97. The number of aryl methyl sites for hydroxylation is 1. The maximum atomic E-state index is 11.3. The Morgan fingerprint density at radius 2 is 2.12 bits per heavy atom. The van der Waals surface area contributed by atoms with Gasteiger partial charge < -0.3 is 9.84 Å². The lowest BCUT2D eigenvalue weighted by molar-refractivity contribution is -0.140. The summed E-state index contributed by atoms with van der Waals surface area (Å²) in [5, 5.41) is 9.76. The van der Waals surface area contributed by atoms with E-state index in [0.717, 1.165) is 11.1 Å². The lowest BCUT2D eigenvalue weighted by Gasteiger charge is -2.18. The van der Waals surface area contributed by atoms with Crippen molar-refractivity contribution in [2.24, 2.45) is 0 Å². The van der Waals surface area contributed by atoms with Crippen LogP contribution in [0, 0.1) is 6.92 Å². The Hall–Kier alpha value is -1.22. The van der Waals surface area contributed by atoms with Crippen LogP contribution in [0.2, 0.25) is 5.02 Å². The molecular formula is C12H13ClO3. The van der Waals surface area contributed by atoms with Crippen molar-refractivity contribution in [1.82, 2.24) is 0 Å². The number of methoxy groups -OCH3 is 1. The van der Waals surface area contributed by atoms with Crippen molar-refractivity contribution >= 4 is 17.6 Å². The van der Waals surface area contributed by atoms with Gasteiger partial charge in [-0.05, 0) is 31.4 Å². The predicted molar refractivity (Wildman–Crippen MR) is 61.3 cm³/mol. The fourth-order valence-electron chi connectivity index (χ4n) is 2.15. The molecule has 3 nitrogen and oxygen atoms in total. The van der Waals surface area contributed by atoms with E-state index in [4.69, 9.17) is 16.3 Å². The van der Waals surface area contributed by atoms with E-state index in [1.54, 1.807) is 6.07 Å². The van der Waals surface area contributed by atoms with Gasteiger partial charge in [0.15, 0.2) is 0 Å². The molecule has 1 saturated carbocycles. The second kappa shape index (κ2) is 3.67. The van der Waals surface area contributed by atoms with Crippen molar-refractivity contribution in [3.8, 4) is 5.75 Å². The SMILES string of the molecule is COc1c(Cl)ccc(C)c1C1(C(=O)O)CC1. The van der Waals surface area contributed by atoms with Gasteiger partial charge >= 0.3 is 5.97 Å². The quantitative estimate of drug-likeness (QED) is 0.884. The fourth-order valence-corrected chi connectivity index (χ4v) is 2.38. The number of carboxylic acid groups (broad SMARTS) is 1. The number of ether oxygens (including phenoxy) is 1. The van der Waals surface area contributed by atoms with Gasteiger partial charge in [0.1, 0.15) is 5.75 Å². The van der Waals surface area contributed by atoms with Crippen molar-refractivity contribution in [3.05, 3.63) is 28.3 Å². The van der Waals surface area contributed by atoms with Gasteiger partial charge in [0.2, 0.25) is 0 Å². The van der Waals surface area contributed by atoms with Crippen LogP contribution in [-0.2, 0) is 10.2 Å². The molecule has 1 aromatic rings. The highest BCUT2D eigenvalue weighted by atomic mass is 35.5. The summed E-state index contributed by atoms with van der Waals surface area (Å²) in [6.45, 7) is 1.89. The Bertz CT molecular complexity index is 450. The molecule has 1 aromatic carbocycles. The first-order valence-corrected chi connectivity index (χ1v) is 5.47. The molecule has 0 aromatic heterocycles. The summed E-state index contributed by atoms with van der Waals surface area (Å²) in [5.74, 6) is -0.294. The van der Waals surface area contributed by atoms with Crippen LogP contribution in [0.4, 0.5) is 0 Å². The van der Waals surface area contributed by atoms with Gasteiger partial charge in [-0.15, -0.1) is 0 Å². The molecule has 2 rings (SSSR count). The Morgan fingerprint density at radius 1 is 1.50 bits per heavy atom. The highest BCUT2D eigenvalue weighted by molar-refractivity contribution is 6.32. The summed E-state index contributed by atoms with van der Waals surface area (Å²) < 4.78 is 5.24. The molecular weight excluding hydrogens is 228 g/mol. The molecule has 4 heteroatoms. The average Bonchev–Trinajstić information content (AvgIpc) is 3.02. The number of carbonyl (C=O) groups is 1. The number of hydrogen-bond donors (Lipinski definition) is 1. The number of halogens is 1. The minimum Gasteiger partial charge on any atom is -0.495 e. The molecule has 0 saturated heterocycles. The maximum Gasteiger partial charge on any atom is 0.314 e. The lowest BCUT2D eigenvalue weighted by Crippen LogP contribution is -2.21. The van der Waals surface area contributed by atoms with Gasteiger partial charge in [0.05, 0.1) is 17.5 Å². The fraction of sp³-hybridized carbons (Fsp3) is 0.417. The van der Waals surface area contributed by atoms with Gasteiger partial charge in [0, 0.05) is 5.56 Å². The molecule has 16 heavy (non-hydrogen) atoms. The van der Waals surface area contributed by atoms with Crippen LogP contribution in [0.5, 0.6) is 5.75 Å². The molecule has 86 valence electrons. The van der Waals surface area contributed by atoms with Gasteiger partial charge in [-0.3, -0.25) is 4.79 Å². The second-order valence-electron chi connectivity index (χ2n) is 4.16. The van der Waals surface area contributed by atoms with E-state index >= 15 is 0 Å². The van der Waals surface area contributed by atoms with Crippen molar-refractivity contribution < 1.29 is 14.6 Å². The van der Waals surface area contributed by atoms with Crippen LogP contribution in [0.15, 0.2) is 12.1 Å². The number of hydrogen-bond acceptors (Lipinski definition) is 2. The molecule has 0 spiro atoms. The van der Waals surface area contributed by atoms with E-state index in [1.807, 2.05) is 13.0 Å². The van der Waals surface area contributed by atoms with E-state index in [0.29, 0.717) is 23.6 Å². The number of rotatable bonds is 3. The molecule has 0 radical (unpaired) electrons. The largest absolute Gasteiger partial charge is 0.495 e. The topological polar surface area (TPSA) is 46.5 Å². The summed E-state index contributed by atoms with van der Waals surface area (Å²) in [6, 6.07) is 3.57. The van der Waals surface area contributed by atoms with Crippen molar-refractivity contribution in [2.75, 3.05) is 7.11 Å². The normalized spacial score (nSPS) is 16.9. The molecule has 1 N–H and O–H groups in total. The van der Waals surface area contributed by atoms with Crippen LogP contribution in [0.3, 0.4) is 0 Å². The highest BCUT2D eigenvalue weighted by Gasteiger charge is 2.54. The van der Waals surface area contributed by atoms with Gasteiger partial charge in [-0.2, -0.15) is 0 Å². The predicted octanol–water partition coefficient (Wildman–Crippen LogP) is 2.77. The van der Waals surface area contributed by atoms with E-state index in [2.05, 4.69) is 0 Å². The Morgan fingerprint density at radius 3 is 2.56 bits per heavy atom. The first-order chi connectivity index (χ1) is 7.53. The standard InChI is InChI=1S/C12H13ClO3/c1-7-3-4-8(13)10(16-2)9(7)12(5-6-12)11(14)15/h3-4H,5-6H2,1-2H3,(H,14,15). The molecule has 0 atom stereocenters. The van der Waals surface area contributed by atoms with E-state index in [1.165, 1.54) is 7.11 Å². The number of benzene rings is 1. The third-order valence-corrected chi connectivity index (χ3v) is 3.46. The molecule has 0 bridgehead atoms. The van der Waals surface area contributed by atoms with E-state index < -0.39 is 11.4 Å². The molecule has 1 aliphatic rings. The summed E-state index contributed by atoms with van der Waals surface area (Å²) >= 11 is 6.02. The Kier molecular flexibility index (Phi) is 2.58. The molecule has 0 heterocycles. The molecule has 0 aliphatic heterocycles. The highest BCUT2D eigenvalue weighted by Crippen LogP contribution is 2.54. The van der Waals surface area contributed by atoms with Crippen molar-refractivity contribution in [2.45, 2.75) is 25.2 Å². The maximum absolute atomic E-state index is 11.3. The van der Waals surface area contributed by atoms with Gasteiger partial charge in [0.25, 0.3) is 0 Å². The van der Waals surface area contributed by atoms with E-state index in [9.17, 15) is 9.90 Å². The van der Waals surface area contributed by atoms with Crippen LogP contribution in [-0.4, -0.2) is 18.2 Å². The third kappa shape index (κ3) is 1.47. The van der Waals surface area contributed by atoms with Crippen molar-refractivity contribution in [3.63, 3.8) is 0 Å². The second-order valence-corrected chi connectivity index (χ2v) is 4.57. The molecule has 1 aliphatic carbocycles. The number of aliphatic carboxylic acids is 1. The summed E-state index contributed by atoms with van der Waals surface area (Å²) in [7, 11) is 1.52. The molecule has 1 fully saturated rings. The monoisotopic (exact) mass is 240 g/mol. The van der Waals surface area contributed by atoms with Crippen LogP contribution >= 0.6 is 11.6 Å². The minimum absolute atomic E-state index is 0.468. The first-order valence-electron chi connectivity index (χ1n) is 5.10. The number of carboxylic acids is 1. The summed E-state index contributed by atoms with van der Waals surface area (Å²) in [5.41, 5.74) is 0.872. The average molecular weight is 241 g/mol. The molecule has 0 amide bonds. The van der Waals surface area contributed by atoms with Gasteiger partial charge in [-0.1, -0.05) is 17.7 Å². The van der Waals surface area contributed by atoms with Crippen LogP contribution < -0.4 is 4.74 Å². The zero-order valence-electron chi connectivity index (χ0n) is 9.21. The Labute approximate surface area is 99.0 Å². The lowest BCUT2D eigenvalue weighted by atomic mass is 9.91. The van der Waals surface area contributed by atoms with E-state index in [-0.39, 0.29) is 0 Å². The third-order valence-electron chi connectivity index (χ3n) is 3.16. The van der Waals surface area contributed by atoms with Crippen molar-refractivity contribution in [1.29, 1.82) is 0 Å². The smallest absolute Gasteiger partial charge is 0.314 e. The first kappa shape index (κ1) is 11.3. The summed E-state index contributed by atoms with van der Waals surface area (Å²) in [4.78, 5) is 11.3. The zero-order chi connectivity index (χ0) is 11.9.